The maximum atomic E-state index is 14.5. The number of hydrogen-bond acceptors (Lipinski definition) is 8. The largest absolute Gasteiger partial charge is 0.497 e. The van der Waals surface area contributed by atoms with E-state index in [1.165, 1.54) is 17.8 Å². The van der Waals surface area contributed by atoms with Gasteiger partial charge in [0, 0.05) is 38.3 Å². The van der Waals surface area contributed by atoms with Crippen molar-refractivity contribution in [1.29, 1.82) is 5.26 Å². The molecule has 2 fully saturated rings. The molecule has 222 valence electrons. The van der Waals surface area contributed by atoms with E-state index < -0.39 is 0 Å². The average molecular weight is 618 g/mol. The lowest BCUT2D eigenvalue weighted by molar-refractivity contribution is -0.122. The number of aromatic nitrogens is 1. The Morgan fingerprint density at radius 3 is 2.37 bits per heavy atom. The highest BCUT2D eigenvalue weighted by molar-refractivity contribution is 8.26. The molecule has 0 N–H and O–H groups in total. The minimum Gasteiger partial charge on any atom is -0.497 e. The molecule has 1 amide bonds. The molecule has 0 radical (unpaired) electrons. The minimum absolute atomic E-state index is 0.0576. The summed E-state index contributed by atoms with van der Waals surface area (Å²) in [5.74, 6) is 0.886. The van der Waals surface area contributed by atoms with Gasteiger partial charge in [-0.3, -0.25) is 19.1 Å². The lowest BCUT2D eigenvalue weighted by Crippen LogP contribution is -2.49. The van der Waals surface area contributed by atoms with Crippen LogP contribution in [-0.2, 0) is 17.9 Å². The normalized spacial score (nSPS) is 16.3. The Hall–Kier alpha value is -4.14. The molecule has 2 aromatic carbocycles. The predicted molar refractivity (Wildman–Crippen MR) is 173 cm³/mol. The van der Waals surface area contributed by atoms with Crippen molar-refractivity contribution in [2.45, 2.75) is 33.4 Å². The lowest BCUT2D eigenvalue weighted by Gasteiger charge is -2.39. The fraction of sp³-hybridized carbons (Fsp3) is 0.312. The third-order valence-electron chi connectivity index (χ3n) is 7.71. The molecule has 0 unspecified atom stereocenters. The number of amides is 1. The topological polar surface area (TPSA) is 81.8 Å². The number of rotatable bonds is 8. The number of methoxy groups -OCH3 is 1. The average Bonchev–Trinajstić information content (AvgIpc) is 3.28. The summed E-state index contributed by atoms with van der Waals surface area (Å²) >= 11 is 6.81. The molecular formula is C32H32FN5O3S2. The first kappa shape index (κ1) is 30.3. The fourth-order valence-corrected chi connectivity index (χ4v) is 6.70. The number of para-hydroxylation sites is 1. The second kappa shape index (κ2) is 13.0. The first-order valence-corrected chi connectivity index (χ1v) is 15.3. The van der Waals surface area contributed by atoms with Crippen LogP contribution in [0.5, 0.6) is 5.75 Å². The van der Waals surface area contributed by atoms with Crippen molar-refractivity contribution in [3.63, 3.8) is 0 Å². The van der Waals surface area contributed by atoms with Gasteiger partial charge in [-0.25, -0.2) is 4.39 Å². The third kappa shape index (κ3) is 6.03. The number of piperazine rings is 1. The highest BCUT2D eigenvalue weighted by Gasteiger charge is 2.34. The molecule has 8 nitrogen and oxygen atoms in total. The number of hydrogen-bond donors (Lipinski definition) is 0. The Morgan fingerprint density at radius 1 is 1.07 bits per heavy atom. The van der Waals surface area contributed by atoms with E-state index in [4.69, 9.17) is 17.0 Å². The Kier molecular flexibility index (Phi) is 9.18. The Labute approximate surface area is 260 Å². The quantitative estimate of drug-likeness (QED) is 0.249. The van der Waals surface area contributed by atoms with Crippen LogP contribution in [0.15, 0.2) is 58.2 Å². The number of anilines is 2. The van der Waals surface area contributed by atoms with Gasteiger partial charge in [0.05, 0.1) is 24.2 Å². The van der Waals surface area contributed by atoms with Gasteiger partial charge < -0.3 is 14.5 Å². The summed E-state index contributed by atoms with van der Waals surface area (Å²) in [7, 11) is 1.60. The standard InChI is InChI=1S/C32H32FN5O3S2/c1-4-13-37-29(36-16-14-35(15-17-36)27-8-6-5-7-26(27)33)24(21(2)25(19-34)30(37)39)18-28-31(40)38(32(42)43-28)20-22-9-11-23(41-3)12-10-22/h5-12,18H,4,13-17,20H2,1-3H3/b28-18-. The maximum Gasteiger partial charge on any atom is 0.270 e. The molecule has 1 aromatic heterocycles. The zero-order valence-electron chi connectivity index (χ0n) is 24.3. The molecule has 0 aliphatic carbocycles. The second-order valence-corrected chi connectivity index (χ2v) is 12.0. The van der Waals surface area contributed by atoms with E-state index in [2.05, 4.69) is 11.0 Å². The molecule has 5 rings (SSSR count). The number of ether oxygens (including phenoxy) is 1. The summed E-state index contributed by atoms with van der Waals surface area (Å²) in [6.07, 6.45) is 2.45. The van der Waals surface area contributed by atoms with Crippen LogP contribution >= 0.6 is 24.0 Å². The number of halogens is 1. The van der Waals surface area contributed by atoms with Crippen molar-refractivity contribution >= 4 is 51.8 Å². The van der Waals surface area contributed by atoms with Crippen LogP contribution in [0.1, 0.15) is 35.6 Å². The van der Waals surface area contributed by atoms with Crippen molar-refractivity contribution in [2.24, 2.45) is 0 Å². The van der Waals surface area contributed by atoms with Crippen molar-refractivity contribution < 1.29 is 13.9 Å². The summed E-state index contributed by atoms with van der Waals surface area (Å²) in [4.78, 5) is 33.3. The van der Waals surface area contributed by atoms with Crippen molar-refractivity contribution in [2.75, 3.05) is 43.1 Å². The van der Waals surface area contributed by atoms with E-state index in [1.807, 2.05) is 42.2 Å². The van der Waals surface area contributed by atoms with Gasteiger partial charge in [-0.15, -0.1) is 0 Å². The smallest absolute Gasteiger partial charge is 0.270 e. The van der Waals surface area contributed by atoms with E-state index in [0.717, 1.165) is 11.3 Å². The van der Waals surface area contributed by atoms with Crippen LogP contribution in [0, 0.1) is 24.1 Å². The first-order chi connectivity index (χ1) is 20.8. The Balaban J connectivity index is 1.52. The minimum atomic E-state index is -0.349. The van der Waals surface area contributed by atoms with Gasteiger partial charge >= 0.3 is 0 Å². The zero-order chi connectivity index (χ0) is 30.7. The number of thiocarbonyl (C=S) groups is 1. The van der Waals surface area contributed by atoms with Gasteiger partial charge in [0.1, 0.15) is 33.3 Å². The van der Waals surface area contributed by atoms with E-state index >= 15 is 0 Å². The number of benzene rings is 2. The predicted octanol–water partition coefficient (Wildman–Crippen LogP) is 5.31. The highest BCUT2D eigenvalue weighted by Crippen LogP contribution is 2.37. The molecule has 3 aromatic rings. The van der Waals surface area contributed by atoms with Gasteiger partial charge in [0.15, 0.2) is 0 Å². The number of pyridine rings is 1. The second-order valence-electron chi connectivity index (χ2n) is 10.3. The molecule has 2 aliphatic rings. The molecular weight excluding hydrogens is 586 g/mol. The Bertz CT molecular complexity index is 1690. The van der Waals surface area contributed by atoms with Crippen LogP contribution in [0.25, 0.3) is 6.08 Å². The summed E-state index contributed by atoms with van der Waals surface area (Å²) < 4.78 is 21.8. The molecule has 0 bridgehead atoms. The van der Waals surface area contributed by atoms with Crippen molar-refractivity contribution in [3.05, 3.63) is 91.9 Å². The first-order valence-electron chi connectivity index (χ1n) is 14.1. The number of carbonyl (C=O) groups is 1. The number of nitriles is 1. The van der Waals surface area contributed by atoms with Crippen LogP contribution in [0.4, 0.5) is 15.9 Å². The molecule has 11 heteroatoms. The summed E-state index contributed by atoms with van der Waals surface area (Å²) in [6, 6.07) is 16.3. The monoisotopic (exact) mass is 617 g/mol. The lowest BCUT2D eigenvalue weighted by atomic mass is 10.0. The van der Waals surface area contributed by atoms with E-state index in [1.54, 1.807) is 41.7 Å². The number of nitrogens with zero attached hydrogens (tertiary/aromatic N) is 5. The van der Waals surface area contributed by atoms with E-state index in [0.29, 0.717) is 77.5 Å². The molecule has 0 saturated carbocycles. The van der Waals surface area contributed by atoms with Gasteiger partial charge in [0.2, 0.25) is 0 Å². The van der Waals surface area contributed by atoms with Crippen LogP contribution < -0.4 is 20.1 Å². The summed E-state index contributed by atoms with van der Waals surface area (Å²) in [5, 5.41) is 9.95. The third-order valence-corrected chi connectivity index (χ3v) is 9.09. The van der Waals surface area contributed by atoms with Crippen LogP contribution in [0.3, 0.4) is 0 Å². The van der Waals surface area contributed by atoms with Gasteiger partial charge in [-0.05, 0) is 54.8 Å². The number of thioether (sulfide) groups is 1. The van der Waals surface area contributed by atoms with E-state index in [9.17, 15) is 19.2 Å². The van der Waals surface area contributed by atoms with Gasteiger partial charge in [-0.2, -0.15) is 5.26 Å². The van der Waals surface area contributed by atoms with E-state index in [-0.39, 0.29) is 22.8 Å². The van der Waals surface area contributed by atoms with Gasteiger partial charge in [-0.1, -0.05) is 55.2 Å². The highest BCUT2D eigenvalue weighted by atomic mass is 32.2. The zero-order valence-corrected chi connectivity index (χ0v) is 25.9. The fourth-order valence-electron chi connectivity index (χ4n) is 5.46. The van der Waals surface area contributed by atoms with Crippen molar-refractivity contribution in [3.8, 4) is 11.8 Å². The number of carbonyl (C=O) groups excluding carboxylic acids is 1. The molecule has 0 spiro atoms. The molecule has 43 heavy (non-hydrogen) atoms. The Morgan fingerprint density at radius 2 is 1.74 bits per heavy atom. The van der Waals surface area contributed by atoms with Crippen LogP contribution in [-0.4, -0.2) is 53.0 Å². The SMILES string of the molecule is CCCn1c(N2CCN(c3ccccc3F)CC2)c(/C=C2\SC(=S)N(Cc3ccc(OC)cc3)C2=O)c(C)c(C#N)c1=O. The van der Waals surface area contributed by atoms with Crippen LogP contribution in [0.2, 0.25) is 0 Å². The van der Waals surface area contributed by atoms with Gasteiger partial charge in [0.25, 0.3) is 11.5 Å². The molecule has 2 saturated heterocycles. The maximum absolute atomic E-state index is 14.5. The summed E-state index contributed by atoms with van der Waals surface area (Å²) in [6.45, 7) is 6.60. The molecule has 0 atom stereocenters. The molecule has 3 heterocycles. The van der Waals surface area contributed by atoms with Crippen molar-refractivity contribution in [1.82, 2.24) is 9.47 Å². The molecule has 2 aliphatic heterocycles. The summed E-state index contributed by atoms with van der Waals surface area (Å²) in [5.41, 5.74) is 2.33.